The van der Waals surface area contributed by atoms with Crippen LogP contribution in [0.1, 0.15) is 62.2 Å². The fourth-order valence-electron chi connectivity index (χ4n) is 3.85. The van der Waals surface area contributed by atoms with Crippen LogP contribution in [0.15, 0.2) is 39.8 Å². The van der Waals surface area contributed by atoms with E-state index in [4.69, 9.17) is 9.52 Å². The van der Waals surface area contributed by atoms with Gasteiger partial charge in [0.25, 0.3) is 0 Å². The maximum absolute atomic E-state index is 5.31. The second-order valence-corrected chi connectivity index (χ2v) is 7.39. The lowest BCUT2D eigenvalue weighted by atomic mass is 10.00. The highest BCUT2D eigenvalue weighted by Crippen LogP contribution is 2.23. The largest absolute Gasteiger partial charge is 0.361 e. The molecule has 0 amide bonds. The van der Waals surface area contributed by atoms with E-state index in [1.54, 1.807) is 0 Å². The van der Waals surface area contributed by atoms with Gasteiger partial charge in [0.2, 0.25) is 0 Å². The first-order valence-corrected chi connectivity index (χ1v) is 10.8. The van der Waals surface area contributed by atoms with E-state index in [0.29, 0.717) is 12.6 Å². The van der Waals surface area contributed by atoms with Crippen LogP contribution in [0.2, 0.25) is 0 Å². The summed E-state index contributed by atoms with van der Waals surface area (Å²) < 4.78 is 5.31. The van der Waals surface area contributed by atoms with Gasteiger partial charge in [0, 0.05) is 31.1 Å². The standard InChI is InChI=1S/C23H37N5O/c1-7-24-23(25-15-17(4)22-18(5)27-29-19(22)6)26-16-21(28(8-2)9-3)20-13-11-10-12-14-20/h10-14,17,21H,7-9,15-16H2,1-6H3,(H2,24,25,26). The average molecular weight is 400 g/mol. The smallest absolute Gasteiger partial charge is 0.191 e. The molecular formula is C23H37N5O. The predicted octanol–water partition coefficient (Wildman–Crippen LogP) is 4.03. The molecule has 6 nitrogen and oxygen atoms in total. The van der Waals surface area contributed by atoms with E-state index < -0.39 is 0 Å². The zero-order valence-electron chi connectivity index (χ0n) is 18.8. The van der Waals surface area contributed by atoms with Gasteiger partial charge < -0.3 is 15.2 Å². The molecule has 2 N–H and O–H groups in total. The molecule has 1 aromatic carbocycles. The predicted molar refractivity (Wildman–Crippen MR) is 120 cm³/mol. The van der Waals surface area contributed by atoms with Crippen LogP contribution in [0.3, 0.4) is 0 Å². The maximum Gasteiger partial charge on any atom is 0.191 e. The van der Waals surface area contributed by atoms with Crippen molar-refractivity contribution in [1.82, 2.24) is 20.7 Å². The molecular weight excluding hydrogens is 362 g/mol. The van der Waals surface area contributed by atoms with Crippen LogP contribution in [0.25, 0.3) is 0 Å². The Kier molecular flexibility index (Phi) is 9.19. The fraction of sp³-hybridized carbons (Fsp3) is 0.565. The monoisotopic (exact) mass is 399 g/mol. The summed E-state index contributed by atoms with van der Waals surface area (Å²) >= 11 is 0. The van der Waals surface area contributed by atoms with Gasteiger partial charge in [-0.25, -0.2) is 0 Å². The minimum atomic E-state index is 0.254. The van der Waals surface area contributed by atoms with Crippen LogP contribution in [0.5, 0.6) is 0 Å². The third-order valence-corrected chi connectivity index (χ3v) is 5.35. The summed E-state index contributed by atoms with van der Waals surface area (Å²) in [5.41, 5.74) is 3.44. The highest BCUT2D eigenvalue weighted by atomic mass is 16.5. The molecule has 1 heterocycles. The van der Waals surface area contributed by atoms with Crippen molar-refractivity contribution in [3.63, 3.8) is 0 Å². The molecule has 1 aromatic heterocycles. The van der Waals surface area contributed by atoms with E-state index in [2.05, 4.69) is 78.7 Å². The summed E-state index contributed by atoms with van der Waals surface area (Å²) in [7, 11) is 0. The zero-order chi connectivity index (χ0) is 21.2. The molecule has 6 heteroatoms. The number of aryl methyl sites for hydroxylation is 2. The van der Waals surface area contributed by atoms with Crippen molar-refractivity contribution in [2.24, 2.45) is 4.99 Å². The van der Waals surface area contributed by atoms with Crippen LogP contribution in [0, 0.1) is 13.8 Å². The quantitative estimate of drug-likeness (QED) is 0.466. The second-order valence-electron chi connectivity index (χ2n) is 7.39. The van der Waals surface area contributed by atoms with E-state index in [1.165, 1.54) is 5.56 Å². The third kappa shape index (κ3) is 6.32. The van der Waals surface area contributed by atoms with Gasteiger partial charge in [-0.1, -0.05) is 56.3 Å². The number of aromatic nitrogens is 1. The Hall–Kier alpha value is -2.34. The molecule has 0 radical (unpaired) electrons. The summed E-state index contributed by atoms with van der Waals surface area (Å²) in [5, 5.41) is 11.0. The molecule has 0 spiro atoms. The van der Waals surface area contributed by atoms with Crippen LogP contribution in [-0.2, 0) is 0 Å². The van der Waals surface area contributed by atoms with Gasteiger partial charge in [0.1, 0.15) is 5.76 Å². The Bertz CT molecular complexity index is 732. The Labute approximate surface area is 175 Å². The molecule has 160 valence electrons. The van der Waals surface area contributed by atoms with Crippen LogP contribution in [0.4, 0.5) is 0 Å². The van der Waals surface area contributed by atoms with Crippen molar-refractivity contribution in [1.29, 1.82) is 0 Å². The normalized spacial score (nSPS) is 14.1. The highest BCUT2D eigenvalue weighted by molar-refractivity contribution is 5.79. The topological polar surface area (TPSA) is 65.7 Å². The number of nitrogens with zero attached hydrogens (tertiary/aromatic N) is 3. The van der Waals surface area contributed by atoms with Crippen molar-refractivity contribution < 1.29 is 4.52 Å². The maximum atomic E-state index is 5.31. The van der Waals surface area contributed by atoms with Crippen molar-refractivity contribution in [2.45, 2.75) is 53.5 Å². The van der Waals surface area contributed by atoms with E-state index in [1.807, 2.05) is 13.8 Å². The Balaban J connectivity index is 2.10. The summed E-state index contributed by atoms with van der Waals surface area (Å²) in [6.07, 6.45) is 0. The zero-order valence-corrected chi connectivity index (χ0v) is 18.8. The second kappa shape index (κ2) is 11.6. The van der Waals surface area contributed by atoms with Gasteiger partial charge in [-0.05, 0) is 39.4 Å². The molecule has 2 rings (SSSR count). The van der Waals surface area contributed by atoms with Crippen molar-refractivity contribution in [2.75, 3.05) is 32.7 Å². The number of likely N-dealkylation sites (N-methyl/N-ethyl adjacent to an activating group) is 1. The number of hydrogen-bond acceptors (Lipinski definition) is 4. The Morgan fingerprint density at radius 3 is 2.34 bits per heavy atom. The highest BCUT2D eigenvalue weighted by Gasteiger charge is 2.19. The molecule has 0 aliphatic heterocycles. The van der Waals surface area contributed by atoms with E-state index >= 15 is 0 Å². The van der Waals surface area contributed by atoms with E-state index in [9.17, 15) is 0 Å². The number of aliphatic imine (C=N–C) groups is 1. The first-order valence-electron chi connectivity index (χ1n) is 10.8. The minimum absolute atomic E-state index is 0.254. The van der Waals surface area contributed by atoms with Crippen molar-refractivity contribution in [3.05, 3.63) is 52.9 Å². The molecule has 0 fully saturated rings. The van der Waals surface area contributed by atoms with Gasteiger partial charge in [-0.15, -0.1) is 0 Å². The summed E-state index contributed by atoms with van der Waals surface area (Å²) in [6, 6.07) is 11.0. The van der Waals surface area contributed by atoms with Crippen LogP contribution >= 0.6 is 0 Å². The molecule has 29 heavy (non-hydrogen) atoms. The first kappa shape index (κ1) is 22.9. The third-order valence-electron chi connectivity index (χ3n) is 5.35. The van der Waals surface area contributed by atoms with Crippen molar-refractivity contribution in [3.8, 4) is 0 Å². The van der Waals surface area contributed by atoms with Crippen LogP contribution in [-0.4, -0.2) is 48.7 Å². The Morgan fingerprint density at radius 2 is 1.79 bits per heavy atom. The van der Waals surface area contributed by atoms with Crippen molar-refractivity contribution >= 4 is 5.96 Å². The lowest BCUT2D eigenvalue weighted by molar-refractivity contribution is 0.219. The molecule has 0 aliphatic carbocycles. The van der Waals surface area contributed by atoms with Gasteiger partial charge in [-0.3, -0.25) is 9.89 Å². The molecule has 2 unspecified atom stereocenters. The summed E-state index contributed by atoms with van der Waals surface area (Å²) in [6.45, 7) is 17.0. The number of hydrogen-bond donors (Lipinski definition) is 2. The Morgan fingerprint density at radius 1 is 1.10 bits per heavy atom. The van der Waals surface area contributed by atoms with Crippen LogP contribution < -0.4 is 10.6 Å². The van der Waals surface area contributed by atoms with Gasteiger partial charge >= 0.3 is 0 Å². The lowest BCUT2D eigenvalue weighted by Crippen LogP contribution is -2.43. The minimum Gasteiger partial charge on any atom is -0.361 e. The number of nitrogens with one attached hydrogen (secondary N) is 2. The molecule has 0 bridgehead atoms. The van der Waals surface area contributed by atoms with Gasteiger partial charge in [0.05, 0.1) is 11.7 Å². The fourth-order valence-corrected chi connectivity index (χ4v) is 3.85. The number of benzene rings is 1. The molecule has 0 saturated heterocycles. The summed E-state index contributed by atoms with van der Waals surface area (Å²) in [4.78, 5) is 7.31. The van der Waals surface area contributed by atoms with Gasteiger partial charge in [0.15, 0.2) is 5.96 Å². The van der Waals surface area contributed by atoms with Gasteiger partial charge in [-0.2, -0.15) is 0 Å². The van der Waals surface area contributed by atoms with E-state index in [0.717, 1.165) is 49.2 Å². The lowest BCUT2D eigenvalue weighted by Gasteiger charge is -2.31. The molecule has 0 saturated carbocycles. The molecule has 0 aliphatic rings. The molecule has 2 atom stereocenters. The molecule has 2 aromatic rings. The number of rotatable bonds is 10. The number of guanidine groups is 1. The average Bonchev–Trinajstić information content (AvgIpc) is 3.07. The first-order chi connectivity index (χ1) is 14.0. The summed E-state index contributed by atoms with van der Waals surface area (Å²) in [5.74, 6) is 1.98. The van der Waals surface area contributed by atoms with E-state index in [-0.39, 0.29) is 5.92 Å². The SMILES string of the molecule is CCNC(=NCC(C)c1c(C)noc1C)NCC(c1ccccc1)N(CC)CC.